The number of hydrogen-bond acceptors (Lipinski definition) is 7. The number of likely N-dealkylation sites (N-methyl/N-ethyl adjacent to an activating group) is 1. The van der Waals surface area contributed by atoms with Crippen LogP contribution in [0.5, 0.6) is 0 Å². The van der Waals surface area contributed by atoms with Gasteiger partial charge in [-0.15, -0.1) is 0 Å². The van der Waals surface area contributed by atoms with Crippen molar-refractivity contribution in [3.05, 3.63) is 30.4 Å². The van der Waals surface area contributed by atoms with Gasteiger partial charge in [-0.2, -0.15) is 4.98 Å². The first kappa shape index (κ1) is 17.9. The molecule has 1 fully saturated rings. The van der Waals surface area contributed by atoms with E-state index >= 15 is 0 Å². The summed E-state index contributed by atoms with van der Waals surface area (Å²) < 4.78 is 8.00. The minimum Gasteiger partial charge on any atom is -0.422 e. The maximum Gasteiger partial charge on any atom is 0.252 e. The van der Waals surface area contributed by atoms with Crippen LogP contribution in [0.2, 0.25) is 0 Å². The quantitative estimate of drug-likeness (QED) is 0.660. The molecule has 8 nitrogen and oxygen atoms in total. The lowest BCUT2D eigenvalue weighted by molar-refractivity contribution is 0.373. The summed E-state index contributed by atoms with van der Waals surface area (Å²) in [5, 5.41) is 0. The molecule has 1 aliphatic rings. The first-order chi connectivity index (χ1) is 13.2. The van der Waals surface area contributed by atoms with Crippen molar-refractivity contribution >= 4 is 17.0 Å². The molecule has 0 saturated carbocycles. The zero-order valence-corrected chi connectivity index (χ0v) is 16.3. The van der Waals surface area contributed by atoms with Crippen LogP contribution in [-0.4, -0.2) is 63.1 Å². The van der Waals surface area contributed by atoms with E-state index in [9.17, 15) is 0 Å². The lowest BCUT2D eigenvalue weighted by Crippen LogP contribution is -2.36. The molecule has 27 heavy (non-hydrogen) atoms. The monoisotopic (exact) mass is 369 g/mol. The van der Waals surface area contributed by atoms with Gasteiger partial charge in [0, 0.05) is 50.9 Å². The first-order valence-corrected chi connectivity index (χ1v) is 9.66. The van der Waals surface area contributed by atoms with E-state index < -0.39 is 0 Å². The smallest absolute Gasteiger partial charge is 0.252 e. The Kier molecular flexibility index (Phi) is 5.07. The van der Waals surface area contributed by atoms with E-state index in [1.165, 1.54) is 5.82 Å². The van der Waals surface area contributed by atoms with Gasteiger partial charge in [0.05, 0.1) is 0 Å². The molecule has 0 spiro atoms. The van der Waals surface area contributed by atoms with Crippen molar-refractivity contribution in [1.29, 1.82) is 0 Å². The van der Waals surface area contributed by atoms with Crippen LogP contribution in [0.3, 0.4) is 0 Å². The first-order valence-electron chi connectivity index (χ1n) is 9.66. The fourth-order valence-electron chi connectivity index (χ4n) is 3.73. The summed E-state index contributed by atoms with van der Waals surface area (Å²) in [6.45, 7) is 5.85. The van der Waals surface area contributed by atoms with Crippen LogP contribution in [0.4, 0.5) is 5.82 Å². The molecule has 3 aromatic heterocycles. The van der Waals surface area contributed by atoms with E-state index in [4.69, 9.17) is 4.42 Å². The second kappa shape index (κ2) is 7.64. The van der Waals surface area contributed by atoms with Crippen molar-refractivity contribution in [2.45, 2.75) is 38.6 Å². The molecule has 4 rings (SSSR count). The Bertz CT molecular complexity index is 900. The molecule has 4 heterocycles. The topological polar surface area (TPSA) is 76.1 Å². The predicted molar refractivity (Wildman–Crippen MR) is 104 cm³/mol. The third kappa shape index (κ3) is 3.66. The average Bonchev–Trinajstić information content (AvgIpc) is 3.32. The summed E-state index contributed by atoms with van der Waals surface area (Å²) in [5.74, 6) is 3.14. The highest BCUT2D eigenvalue weighted by Crippen LogP contribution is 2.31. The number of anilines is 1. The minimum absolute atomic E-state index is 0.387. The van der Waals surface area contributed by atoms with Crippen LogP contribution < -0.4 is 4.90 Å². The summed E-state index contributed by atoms with van der Waals surface area (Å²) in [6.07, 6.45) is 8.58. The lowest BCUT2D eigenvalue weighted by Gasteiger charge is -2.33. The highest BCUT2D eigenvalue weighted by molar-refractivity contribution is 5.81. The molecular weight excluding hydrogens is 342 g/mol. The Balaban J connectivity index is 1.57. The van der Waals surface area contributed by atoms with Gasteiger partial charge in [-0.1, -0.05) is 6.92 Å². The van der Waals surface area contributed by atoms with Gasteiger partial charge in [-0.05, 0) is 26.9 Å². The third-order valence-electron chi connectivity index (χ3n) is 5.14. The Morgan fingerprint density at radius 3 is 2.96 bits per heavy atom. The molecule has 0 aromatic carbocycles. The van der Waals surface area contributed by atoms with Crippen LogP contribution in [0.25, 0.3) is 11.2 Å². The molecule has 1 atom stereocenters. The average molecular weight is 369 g/mol. The number of imidazole rings is 1. The number of nitrogens with zero attached hydrogens (tertiary/aromatic N) is 7. The van der Waals surface area contributed by atoms with Crippen molar-refractivity contribution in [3.63, 3.8) is 0 Å². The van der Waals surface area contributed by atoms with Gasteiger partial charge in [-0.25, -0.2) is 15.0 Å². The number of oxazole rings is 1. The molecule has 0 amide bonds. The summed E-state index contributed by atoms with van der Waals surface area (Å²) >= 11 is 0. The van der Waals surface area contributed by atoms with Gasteiger partial charge in [0.2, 0.25) is 0 Å². The van der Waals surface area contributed by atoms with Gasteiger partial charge in [-0.3, -0.25) is 0 Å². The van der Waals surface area contributed by atoms with Crippen molar-refractivity contribution in [2.24, 2.45) is 0 Å². The van der Waals surface area contributed by atoms with E-state index in [1.807, 2.05) is 13.1 Å². The Labute approximate surface area is 159 Å². The molecule has 0 N–H and O–H groups in total. The zero-order chi connectivity index (χ0) is 18.8. The van der Waals surface area contributed by atoms with Gasteiger partial charge in [0.15, 0.2) is 17.2 Å². The van der Waals surface area contributed by atoms with Crippen molar-refractivity contribution in [1.82, 2.24) is 29.4 Å². The Hall–Kier alpha value is -2.48. The Morgan fingerprint density at radius 2 is 2.15 bits per heavy atom. The molecule has 0 radical (unpaired) electrons. The van der Waals surface area contributed by atoms with Crippen LogP contribution in [0.15, 0.2) is 23.1 Å². The van der Waals surface area contributed by atoms with E-state index in [0.717, 1.165) is 56.8 Å². The number of piperidine rings is 1. The maximum absolute atomic E-state index is 5.71. The van der Waals surface area contributed by atoms with Crippen molar-refractivity contribution in [2.75, 3.05) is 38.6 Å². The maximum atomic E-state index is 5.71. The summed E-state index contributed by atoms with van der Waals surface area (Å²) in [7, 11) is 4.20. The Morgan fingerprint density at radius 1 is 1.26 bits per heavy atom. The molecular formula is C19H27N7O. The molecule has 0 bridgehead atoms. The van der Waals surface area contributed by atoms with Crippen LogP contribution in [0, 0.1) is 0 Å². The second-order valence-corrected chi connectivity index (χ2v) is 7.38. The van der Waals surface area contributed by atoms with Crippen LogP contribution in [0.1, 0.15) is 37.4 Å². The number of aromatic nitrogens is 5. The number of rotatable bonds is 6. The summed E-state index contributed by atoms with van der Waals surface area (Å²) in [6, 6.07) is 0. The van der Waals surface area contributed by atoms with Crippen molar-refractivity contribution < 1.29 is 4.42 Å². The molecule has 0 aliphatic carbocycles. The minimum atomic E-state index is 0.387. The van der Waals surface area contributed by atoms with Gasteiger partial charge < -0.3 is 18.8 Å². The largest absolute Gasteiger partial charge is 0.422 e. The molecule has 0 unspecified atom stereocenters. The fourth-order valence-corrected chi connectivity index (χ4v) is 3.73. The molecule has 1 saturated heterocycles. The van der Waals surface area contributed by atoms with E-state index in [1.54, 1.807) is 6.33 Å². The highest BCUT2D eigenvalue weighted by Gasteiger charge is 2.27. The highest BCUT2D eigenvalue weighted by atomic mass is 16.4. The van der Waals surface area contributed by atoms with E-state index in [0.29, 0.717) is 17.5 Å². The van der Waals surface area contributed by atoms with E-state index in [-0.39, 0.29) is 0 Å². The summed E-state index contributed by atoms with van der Waals surface area (Å²) in [4.78, 5) is 22.6. The fraction of sp³-hybridized carbons (Fsp3) is 0.579. The van der Waals surface area contributed by atoms with Gasteiger partial charge >= 0.3 is 0 Å². The van der Waals surface area contributed by atoms with E-state index in [2.05, 4.69) is 54.6 Å². The van der Waals surface area contributed by atoms with Crippen LogP contribution >= 0.6 is 0 Å². The molecule has 3 aromatic rings. The number of hydrogen-bond donors (Lipinski definition) is 0. The van der Waals surface area contributed by atoms with Crippen LogP contribution in [-0.2, 0) is 13.0 Å². The van der Waals surface area contributed by atoms with Crippen molar-refractivity contribution in [3.8, 4) is 0 Å². The van der Waals surface area contributed by atoms with Gasteiger partial charge in [0.1, 0.15) is 12.2 Å². The molecule has 1 aliphatic heterocycles. The summed E-state index contributed by atoms with van der Waals surface area (Å²) in [5.41, 5.74) is 1.34. The standard InChI is InChI=1S/C19H27N7O/c1-4-15-23-16-18(21-13-22-19(16)27-15)26-8-5-6-14(12-26)17-20-7-9-25(17)11-10-24(2)3/h7,9,13-14H,4-6,8,10-12H2,1-3H3/t14-/m1/s1. The predicted octanol–water partition coefficient (Wildman–Crippen LogP) is 2.32. The zero-order valence-electron chi connectivity index (χ0n) is 16.3. The molecule has 8 heteroatoms. The number of aryl methyl sites for hydroxylation is 1. The lowest BCUT2D eigenvalue weighted by atomic mass is 9.97. The van der Waals surface area contributed by atoms with Gasteiger partial charge in [0.25, 0.3) is 5.71 Å². The molecule has 144 valence electrons. The second-order valence-electron chi connectivity index (χ2n) is 7.38. The SMILES string of the molecule is CCc1nc2c(N3CCC[C@@H](c4nccn4CCN(C)C)C3)ncnc2o1. The number of fused-ring (bicyclic) bond motifs is 1. The normalized spacial score (nSPS) is 17.9. The third-order valence-corrected chi connectivity index (χ3v) is 5.14.